The Kier molecular flexibility index (Phi) is 6.63. The van der Waals surface area contributed by atoms with Gasteiger partial charge < -0.3 is 14.8 Å². The van der Waals surface area contributed by atoms with Crippen LogP contribution < -0.4 is 10.1 Å². The Morgan fingerprint density at radius 1 is 1.29 bits per heavy atom. The van der Waals surface area contributed by atoms with Crippen molar-refractivity contribution >= 4 is 34.8 Å². The molecule has 1 aromatic heterocycles. The summed E-state index contributed by atoms with van der Waals surface area (Å²) in [5.74, 6) is -0.208. The molecule has 0 saturated heterocycles. The lowest BCUT2D eigenvalue weighted by Gasteiger charge is -2.20. The fourth-order valence-corrected chi connectivity index (χ4v) is 3.01. The van der Waals surface area contributed by atoms with Crippen LogP contribution in [-0.4, -0.2) is 25.1 Å². The molecule has 2 unspecified atom stereocenters. The van der Waals surface area contributed by atoms with Crippen LogP contribution >= 0.6 is 22.9 Å². The summed E-state index contributed by atoms with van der Waals surface area (Å²) in [6, 6.07) is 10.1. The summed E-state index contributed by atoms with van der Waals surface area (Å²) < 4.78 is 10.3. The minimum absolute atomic E-state index is 0.0621. The van der Waals surface area contributed by atoms with Gasteiger partial charge in [-0.2, -0.15) is 0 Å². The summed E-state index contributed by atoms with van der Waals surface area (Å²) in [5, 5.41) is 5.25. The zero-order valence-electron chi connectivity index (χ0n) is 13.3. The van der Waals surface area contributed by atoms with Crippen molar-refractivity contribution in [2.75, 3.05) is 7.11 Å². The van der Waals surface area contributed by atoms with E-state index in [-0.39, 0.29) is 12.3 Å². The fourth-order valence-electron chi connectivity index (χ4n) is 2.05. The quantitative estimate of drug-likeness (QED) is 0.759. The lowest BCUT2D eigenvalue weighted by molar-refractivity contribution is -0.141. The van der Waals surface area contributed by atoms with Crippen LogP contribution in [0.15, 0.2) is 41.8 Å². The van der Waals surface area contributed by atoms with Crippen molar-refractivity contribution < 1.29 is 19.1 Å². The highest BCUT2D eigenvalue weighted by Crippen LogP contribution is 2.23. The van der Waals surface area contributed by atoms with Crippen molar-refractivity contribution in [2.45, 2.75) is 25.5 Å². The van der Waals surface area contributed by atoms with Crippen molar-refractivity contribution in [2.24, 2.45) is 0 Å². The van der Waals surface area contributed by atoms with E-state index in [0.717, 1.165) is 4.88 Å². The van der Waals surface area contributed by atoms with Gasteiger partial charge in [0.25, 0.3) is 5.91 Å². The van der Waals surface area contributed by atoms with Crippen molar-refractivity contribution in [3.63, 3.8) is 0 Å². The van der Waals surface area contributed by atoms with Crippen LogP contribution in [-0.2, 0) is 14.3 Å². The Labute approximate surface area is 149 Å². The summed E-state index contributed by atoms with van der Waals surface area (Å²) in [5.41, 5.74) is 0. The second-order valence-electron chi connectivity index (χ2n) is 5.07. The predicted molar refractivity (Wildman–Crippen MR) is 93.4 cm³/mol. The maximum Gasteiger partial charge on any atom is 0.307 e. The number of benzene rings is 1. The zero-order valence-corrected chi connectivity index (χ0v) is 14.9. The number of amides is 1. The number of hydrogen-bond acceptors (Lipinski definition) is 5. The third-order valence-electron chi connectivity index (χ3n) is 3.28. The van der Waals surface area contributed by atoms with E-state index in [9.17, 15) is 9.59 Å². The standard InChI is InChI=1S/C17H18ClNO4S/c1-11(23-13-6-3-5-12(18)9-13)17(21)19-14(10-16(20)22-2)15-7-4-8-24-15/h3-9,11,14H,10H2,1-2H3,(H,19,21). The molecule has 0 aliphatic rings. The topological polar surface area (TPSA) is 64.6 Å². The third kappa shape index (κ3) is 5.25. The molecule has 2 rings (SSSR count). The smallest absolute Gasteiger partial charge is 0.307 e. The van der Waals surface area contributed by atoms with Gasteiger partial charge in [0.2, 0.25) is 0 Å². The van der Waals surface area contributed by atoms with Crippen molar-refractivity contribution in [3.8, 4) is 5.75 Å². The molecule has 0 aliphatic heterocycles. The SMILES string of the molecule is COC(=O)CC(NC(=O)C(C)Oc1cccc(Cl)c1)c1cccs1. The van der Waals surface area contributed by atoms with E-state index in [1.54, 1.807) is 31.2 Å². The number of methoxy groups -OCH3 is 1. The van der Waals surface area contributed by atoms with Gasteiger partial charge in [-0.25, -0.2) is 0 Å². The Hall–Kier alpha value is -2.05. The highest BCUT2D eigenvalue weighted by molar-refractivity contribution is 7.10. The van der Waals surface area contributed by atoms with E-state index in [4.69, 9.17) is 21.1 Å². The lowest BCUT2D eigenvalue weighted by Crippen LogP contribution is -2.39. The molecule has 0 spiro atoms. The molecule has 24 heavy (non-hydrogen) atoms. The normalized spacial score (nSPS) is 13.0. The van der Waals surface area contributed by atoms with Gasteiger partial charge >= 0.3 is 5.97 Å². The number of esters is 1. The largest absolute Gasteiger partial charge is 0.481 e. The monoisotopic (exact) mass is 367 g/mol. The Bertz CT molecular complexity index is 690. The second-order valence-corrected chi connectivity index (χ2v) is 6.49. The molecule has 2 atom stereocenters. The lowest BCUT2D eigenvalue weighted by atomic mass is 10.1. The van der Waals surface area contributed by atoms with E-state index in [0.29, 0.717) is 10.8 Å². The van der Waals surface area contributed by atoms with Crippen molar-refractivity contribution in [1.82, 2.24) is 5.32 Å². The van der Waals surface area contributed by atoms with Crippen LogP contribution in [0.1, 0.15) is 24.3 Å². The molecule has 7 heteroatoms. The molecule has 128 valence electrons. The number of nitrogens with one attached hydrogen (secondary N) is 1. The molecule has 1 heterocycles. The van der Waals surface area contributed by atoms with Gasteiger partial charge in [-0.1, -0.05) is 23.7 Å². The van der Waals surface area contributed by atoms with Crippen molar-refractivity contribution in [1.29, 1.82) is 0 Å². The van der Waals surface area contributed by atoms with Crippen LogP contribution in [0.4, 0.5) is 0 Å². The third-order valence-corrected chi connectivity index (χ3v) is 4.50. The van der Waals surface area contributed by atoms with E-state index < -0.39 is 18.1 Å². The molecule has 0 fully saturated rings. The highest BCUT2D eigenvalue weighted by Gasteiger charge is 2.23. The maximum atomic E-state index is 12.4. The van der Waals surface area contributed by atoms with Gasteiger partial charge in [0.1, 0.15) is 5.75 Å². The van der Waals surface area contributed by atoms with E-state index in [1.807, 2.05) is 17.5 Å². The van der Waals surface area contributed by atoms with E-state index >= 15 is 0 Å². The van der Waals surface area contributed by atoms with E-state index in [1.165, 1.54) is 18.4 Å². The van der Waals surface area contributed by atoms with Crippen molar-refractivity contribution in [3.05, 3.63) is 51.7 Å². The second kappa shape index (κ2) is 8.70. The maximum absolute atomic E-state index is 12.4. The minimum atomic E-state index is -0.733. The Morgan fingerprint density at radius 2 is 2.08 bits per heavy atom. The molecule has 1 aromatic carbocycles. The summed E-state index contributed by atoms with van der Waals surface area (Å²) >= 11 is 7.36. The molecule has 0 aliphatic carbocycles. The molecule has 1 N–H and O–H groups in total. The van der Waals surface area contributed by atoms with Crippen LogP contribution in [0, 0.1) is 0 Å². The summed E-state index contributed by atoms with van der Waals surface area (Å²) in [7, 11) is 1.32. The Morgan fingerprint density at radius 3 is 2.71 bits per heavy atom. The van der Waals surface area contributed by atoms with Gasteiger partial charge in [-0.3, -0.25) is 9.59 Å². The van der Waals surface area contributed by atoms with Crippen LogP contribution in [0.5, 0.6) is 5.75 Å². The minimum Gasteiger partial charge on any atom is -0.481 e. The number of carbonyl (C=O) groups excluding carboxylic acids is 2. The first-order valence-corrected chi connectivity index (χ1v) is 8.58. The molecule has 5 nitrogen and oxygen atoms in total. The summed E-state index contributed by atoms with van der Waals surface area (Å²) in [6.07, 6.45) is -0.671. The first-order chi connectivity index (χ1) is 11.5. The number of rotatable bonds is 7. The predicted octanol–water partition coefficient (Wildman–Crippen LogP) is 3.59. The fraction of sp³-hybridized carbons (Fsp3) is 0.294. The zero-order chi connectivity index (χ0) is 17.5. The number of carbonyl (C=O) groups is 2. The van der Waals surface area contributed by atoms with Gasteiger partial charge in [0.05, 0.1) is 19.6 Å². The molecule has 0 radical (unpaired) electrons. The molecular weight excluding hydrogens is 350 g/mol. The van der Waals surface area contributed by atoms with Crippen LogP contribution in [0.25, 0.3) is 0 Å². The molecule has 0 saturated carbocycles. The average Bonchev–Trinajstić information content (AvgIpc) is 3.08. The van der Waals surface area contributed by atoms with Gasteiger partial charge in [-0.05, 0) is 36.6 Å². The molecular formula is C17H18ClNO4S. The van der Waals surface area contributed by atoms with E-state index in [2.05, 4.69) is 5.32 Å². The molecule has 2 aromatic rings. The van der Waals surface area contributed by atoms with Crippen LogP contribution in [0.3, 0.4) is 0 Å². The first-order valence-electron chi connectivity index (χ1n) is 7.32. The van der Waals surface area contributed by atoms with Gasteiger partial charge in [0.15, 0.2) is 6.10 Å². The summed E-state index contributed by atoms with van der Waals surface area (Å²) in [4.78, 5) is 24.9. The molecule has 0 bridgehead atoms. The molecule has 1 amide bonds. The highest BCUT2D eigenvalue weighted by atomic mass is 35.5. The van der Waals surface area contributed by atoms with Gasteiger partial charge in [-0.15, -0.1) is 11.3 Å². The number of hydrogen-bond donors (Lipinski definition) is 1. The number of halogens is 1. The summed E-state index contributed by atoms with van der Waals surface area (Å²) in [6.45, 7) is 1.64. The Balaban J connectivity index is 2.02. The average molecular weight is 368 g/mol. The van der Waals surface area contributed by atoms with Crippen LogP contribution in [0.2, 0.25) is 5.02 Å². The first kappa shape index (κ1) is 18.3. The number of ether oxygens (including phenoxy) is 2. The van der Waals surface area contributed by atoms with Gasteiger partial charge in [0, 0.05) is 9.90 Å². The number of thiophene rings is 1.